The Kier molecular flexibility index (Phi) is 6.76. The zero-order valence-electron chi connectivity index (χ0n) is 14.3. The third-order valence-corrected chi connectivity index (χ3v) is 3.03. The maximum atomic E-state index is 11.7. The standard InChI is InChI=1S/C17H23NO6/c1-17(2,3)24-16(22)18-13(15(20)21)9-11-5-7-12(8-6-11)10-14(19)23-4/h5-8,13H,9-10H2,1-4H3,(H,18,22)(H,20,21). The highest BCUT2D eigenvalue weighted by Crippen LogP contribution is 2.10. The Labute approximate surface area is 141 Å². The third kappa shape index (κ3) is 7.13. The molecule has 1 unspecified atom stereocenters. The van der Waals surface area contributed by atoms with E-state index in [9.17, 15) is 19.5 Å². The third-order valence-electron chi connectivity index (χ3n) is 3.03. The molecule has 24 heavy (non-hydrogen) atoms. The number of amides is 1. The van der Waals surface area contributed by atoms with Crippen molar-refractivity contribution in [1.82, 2.24) is 5.32 Å². The van der Waals surface area contributed by atoms with Crippen LogP contribution in [0.3, 0.4) is 0 Å². The number of hydrogen-bond donors (Lipinski definition) is 2. The highest BCUT2D eigenvalue weighted by atomic mass is 16.6. The van der Waals surface area contributed by atoms with Gasteiger partial charge in [0.15, 0.2) is 0 Å². The van der Waals surface area contributed by atoms with E-state index in [0.29, 0.717) is 5.56 Å². The molecule has 1 aromatic rings. The highest BCUT2D eigenvalue weighted by molar-refractivity contribution is 5.80. The summed E-state index contributed by atoms with van der Waals surface area (Å²) in [5.74, 6) is -1.50. The van der Waals surface area contributed by atoms with Crippen molar-refractivity contribution in [3.05, 3.63) is 35.4 Å². The van der Waals surface area contributed by atoms with Crippen LogP contribution in [0.25, 0.3) is 0 Å². The molecule has 0 aliphatic heterocycles. The molecule has 0 heterocycles. The normalized spacial score (nSPS) is 12.2. The molecule has 0 bridgehead atoms. The van der Waals surface area contributed by atoms with Crippen molar-refractivity contribution in [2.75, 3.05) is 7.11 Å². The maximum Gasteiger partial charge on any atom is 0.408 e. The Morgan fingerprint density at radius 1 is 1.12 bits per heavy atom. The minimum absolute atomic E-state index is 0.104. The number of carbonyl (C=O) groups is 3. The van der Waals surface area contributed by atoms with Crippen LogP contribution in [0, 0.1) is 0 Å². The van der Waals surface area contributed by atoms with E-state index in [-0.39, 0.29) is 18.8 Å². The van der Waals surface area contributed by atoms with Gasteiger partial charge in [-0.1, -0.05) is 24.3 Å². The van der Waals surface area contributed by atoms with Crippen molar-refractivity contribution in [2.24, 2.45) is 0 Å². The molecule has 0 radical (unpaired) electrons. The van der Waals surface area contributed by atoms with Crippen LogP contribution in [0.5, 0.6) is 0 Å². The topological polar surface area (TPSA) is 102 Å². The number of carbonyl (C=O) groups excluding carboxylic acids is 2. The Morgan fingerprint density at radius 2 is 1.67 bits per heavy atom. The van der Waals surface area contributed by atoms with Crippen LogP contribution < -0.4 is 5.32 Å². The summed E-state index contributed by atoms with van der Waals surface area (Å²) >= 11 is 0. The number of benzene rings is 1. The van der Waals surface area contributed by atoms with Gasteiger partial charge >= 0.3 is 18.0 Å². The van der Waals surface area contributed by atoms with E-state index in [1.54, 1.807) is 45.0 Å². The summed E-state index contributed by atoms with van der Waals surface area (Å²) in [5, 5.41) is 11.6. The molecule has 2 N–H and O–H groups in total. The first-order valence-electron chi connectivity index (χ1n) is 7.47. The first kappa shape index (κ1) is 19.5. The largest absolute Gasteiger partial charge is 0.480 e. The lowest BCUT2D eigenvalue weighted by Crippen LogP contribution is -2.44. The Balaban J connectivity index is 2.70. The van der Waals surface area contributed by atoms with Gasteiger partial charge in [-0.25, -0.2) is 9.59 Å². The van der Waals surface area contributed by atoms with Crippen molar-refractivity contribution in [3.8, 4) is 0 Å². The molecule has 1 aromatic carbocycles. The van der Waals surface area contributed by atoms with Gasteiger partial charge in [-0.05, 0) is 31.9 Å². The highest BCUT2D eigenvalue weighted by Gasteiger charge is 2.24. The Bertz CT molecular complexity index is 588. The SMILES string of the molecule is COC(=O)Cc1ccc(CC(NC(=O)OC(C)(C)C)C(=O)O)cc1. The van der Waals surface area contributed by atoms with Gasteiger partial charge in [0, 0.05) is 6.42 Å². The average Bonchev–Trinajstić information content (AvgIpc) is 2.46. The zero-order chi connectivity index (χ0) is 18.3. The fourth-order valence-corrected chi connectivity index (χ4v) is 1.92. The predicted molar refractivity (Wildman–Crippen MR) is 86.7 cm³/mol. The van der Waals surface area contributed by atoms with E-state index >= 15 is 0 Å². The molecular weight excluding hydrogens is 314 g/mol. The van der Waals surface area contributed by atoms with Crippen LogP contribution in [0.2, 0.25) is 0 Å². The van der Waals surface area contributed by atoms with Crippen LogP contribution in [-0.2, 0) is 31.9 Å². The number of rotatable bonds is 6. The van der Waals surface area contributed by atoms with E-state index in [1.165, 1.54) is 7.11 Å². The second-order valence-electron chi connectivity index (χ2n) is 6.31. The van der Waals surface area contributed by atoms with E-state index in [4.69, 9.17) is 4.74 Å². The molecule has 0 aromatic heterocycles. The van der Waals surface area contributed by atoms with Crippen molar-refractivity contribution in [2.45, 2.75) is 45.3 Å². The molecule has 0 aliphatic carbocycles. The van der Waals surface area contributed by atoms with Gasteiger partial charge in [0.25, 0.3) is 0 Å². The number of carboxylic acid groups (broad SMARTS) is 1. The van der Waals surface area contributed by atoms with Crippen molar-refractivity contribution < 1.29 is 29.0 Å². The van der Waals surface area contributed by atoms with Crippen molar-refractivity contribution in [1.29, 1.82) is 0 Å². The molecule has 1 amide bonds. The molecule has 1 rings (SSSR count). The van der Waals surface area contributed by atoms with E-state index in [1.807, 2.05) is 0 Å². The van der Waals surface area contributed by atoms with Gasteiger partial charge < -0.3 is 19.9 Å². The maximum absolute atomic E-state index is 11.7. The number of methoxy groups -OCH3 is 1. The quantitative estimate of drug-likeness (QED) is 0.769. The van der Waals surface area contributed by atoms with E-state index in [2.05, 4.69) is 10.1 Å². The van der Waals surface area contributed by atoms with Crippen LogP contribution in [0.1, 0.15) is 31.9 Å². The van der Waals surface area contributed by atoms with E-state index < -0.39 is 23.7 Å². The number of ether oxygens (including phenoxy) is 2. The smallest absolute Gasteiger partial charge is 0.408 e. The summed E-state index contributed by atoms with van der Waals surface area (Å²) in [7, 11) is 1.32. The van der Waals surface area contributed by atoms with Gasteiger partial charge in [0.2, 0.25) is 0 Å². The number of carboxylic acids is 1. The fourth-order valence-electron chi connectivity index (χ4n) is 1.92. The predicted octanol–water partition coefficient (Wildman–Crippen LogP) is 1.92. The van der Waals surface area contributed by atoms with Gasteiger partial charge in [-0.2, -0.15) is 0 Å². The molecule has 0 saturated heterocycles. The van der Waals surface area contributed by atoms with Gasteiger partial charge in [0.05, 0.1) is 13.5 Å². The van der Waals surface area contributed by atoms with Gasteiger partial charge in [-0.15, -0.1) is 0 Å². The number of alkyl carbamates (subject to hydrolysis) is 1. The number of hydrogen-bond acceptors (Lipinski definition) is 5. The average molecular weight is 337 g/mol. The summed E-state index contributed by atoms with van der Waals surface area (Å²) < 4.78 is 9.65. The lowest BCUT2D eigenvalue weighted by molar-refractivity contribution is -0.140. The molecule has 132 valence electrons. The van der Waals surface area contributed by atoms with Gasteiger partial charge in [0.1, 0.15) is 11.6 Å². The molecular formula is C17H23NO6. The second-order valence-corrected chi connectivity index (χ2v) is 6.31. The minimum atomic E-state index is -1.15. The molecule has 1 atom stereocenters. The summed E-state index contributed by atoms with van der Waals surface area (Å²) in [6.07, 6.45) is -0.528. The van der Waals surface area contributed by atoms with Crippen LogP contribution in [0.4, 0.5) is 4.79 Å². The summed E-state index contributed by atoms with van der Waals surface area (Å²) in [5.41, 5.74) is 0.771. The minimum Gasteiger partial charge on any atom is -0.480 e. The van der Waals surface area contributed by atoms with Gasteiger partial charge in [-0.3, -0.25) is 4.79 Å². The lowest BCUT2D eigenvalue weighted by Gasteiger charge is -2.22. The first-order chi connectivity index (χ1) is 11.1. The number of aliphatic carboxylic acids is 1. The Hall–Kier alpha value is -2.57. The molecule has 7 heteroatoms. The molecule has 0 aliphatic rings. The summed E-state index contributed by atoms with van der Waals surface area (Å²) in [6, 6.07) is 5.76. The van der Waals surface area contributed by atoms with E-state index in [0.717, 1.165) is 5.56 Å². The molecule has 7 nitrogen and oxygen atoms in total. The monoisotopic (exact) mass is 337 g/mol. The lowest BCUT2D eigenvalue weighted by atomic mass is 10.0. The summed E-state index contributed by atoms with van der Waals surface area (Å²) in [4.78, 5) is 34.3. The van der Waals surface area contributed by atoms with Crippen LogP contribution in [0.15, 0.2) is 24.3 Å². The molecule has 0 fully saturated rings. The van der Waals surface area contributed by atoms with Crippen LogP contribution >= 0.6 is 0 Å². The Morgan fingerprint density at radius 3 is 2.12 bits per heavy atom. The van der Waals surface area contributed by atoms with Crippen molar-refractivity contribution >= 4 is 18.0 Å². The first-order valence-corrected chi connectivity index (χ1v) is 7.47. The molecule has 0 spiro atoms. The number of esters is 1. The second kappa shape index (κ2) is 8.33. The molecule has 0 saturated carbocycles. The zero-order valence-corrected chi connectivity index (χ0v) is 14.3. The van der Waals surface area contributed by atoms with Crippen LogP contribution in [-0.4, -0.2) is 41.9 Å². The number of nitrogens with one attached hydrogen (secondary N) is 1. The summed E-state index contributed by atoms with van der Waals surface area (Å²) in [6.45, 7) is 5.09. The van der Waals surface area contributed by atoms with Crippen molar-refractivity contribution in [3.63, 3.8) is 0 Å². The fraction of sp³-hybridized carbons (Fsp3) is 0.471.